The number of hydrogen-bond donors (Lipinski definition) is 3. The fourth-order valence-electron chi connectivity index (χ4n) is 2.40. The number of hydrogen-bond acceptors (Lipinski definition) is 7. The van der Waals surface area contributed by atoms with Crippen LogP contribution in [0, 0.1) is 0 Å². The number of primary amides is 1. The third-order valence-corrected chi connectivity index (χ3v) is 5.68. The zero-order valence-electron chi connectivity index (χ0n) is 15.4. The molecule has 2 heterocycles. The minimum atomic E-state index is -0.614. The van der Waals surface area contributed by atoms with Crippen molar-refractivity contribution in [3.05, 3.63) is 53.9 Å². The SMILES string of the molecule is CCOC(=O)c1cnc(SCC(=O)Nc2sc(-c3ccccc3)cc2C(N)=O)[nH]1. The van der Waals surface area contributed by atoms with Crippen LogP contribution in [0.2, 0.25) is 0 Å². The van der Waals surface area contributed by atoms with Gasteiger partial charge in [0.1, 0.15) is 10.7 Å². The van der Waals surface area contributed by atoms with E-state index in [0.29, 0.717) is 10.2 Å². The Kier molecular flexibility index (Phi) is 6.68. The van der Waals surface area contributed by atoms with Crippen LogP contribution in [0.25, 0.3) is 10.4 Å². The molecule has 0 aliphatic carbocycles. The van der Waals surface area contributed by atoms with Gasteiger partial charge >= 0.3 is 5.97 Å². The quantitative estimate of drug-likeness (QED) is 0.372. The predicted octanol–water partition coefficient (Wildman–Crippen LogP) is 3.14. The average Bonchev–Trinajstić information content (AvgIpc) is 3.35. The van der Waals surface area contributed by atoms with Gasteiger partial charge in [0.2, 0.25) is 5.91 Å². The second kappa shape index (κ2) is 9.39. The molecular formula is C19H18N4O4S2. The molecule has 3 rings (SSSR count). The molecule has 0 spiro atoms. The molecule has 1 aromatic carbocycles. The van der Waals surface area contributed by atoms with Crippen LogP contribution in [0.15, 0.2) is 47.8 Å². The molecule has 4 N–H and O–H groups in total. The highest BCUT2D eigenvalue weighted by Crippen LogP contribution is 2.35. The minimum Gasteiger partial charge on any atom is -0.461 e. The fraction of sp³-hybridized carbons (Fsp3) is 0.158. The van der Waals surface area contributed by atoms with Gasteiger partial charge in [0, 0.05) is 4.88 Å². The van der Waals surface area contributed by atoms with E-state index in [9.17, 15) is 14.4 Å². The molecule has 3 aromatic rings. The molecule has 29 heavy (non-hydrogen) atoms. The molecule has 0 radical (unpaired) electrons. The summed E-state index contributed by atoms with van der Waals surface area (Å²) in [5.41, 5.74) is 6.86. The second-order valence-corrected chi connectivity index (χ2v) is 7.76. The number of thiophene rings is 1. The molecule has 0 saturated carbocycles. The number of nitrogens with two attached hydrogens (primary N) is 1. The number of nitrogens with zero attached hydrogens (tertiary/aromatic N) is 1. The van der Waals surface area contributed by atoms with Gasteiger partial charge in [-0.25, -0.2) is 9.78 Å². The summed E-state index contributed by atoms with van der Waals surface area (Å²) >= 11 is 2.40. The summed E-state index contributed by atoms with van der Waals surface area (Å²) in [6, 6.07) is 11.2. The molecule has 0 aliphatic heterocycles. The predicted molar refractivity (Wildman–Crippen MR) is 112 cm³/mol. The van der Waals surface area contributed by atoms with Crippen LogP contribution in [0.1, 0.15) is 27.8 Å². The lowest BCUT2D eigenvalue weighted by atomic mass is 10.1. The van der Waals surface area contributed by atoms with Gasteiger partial charge < -0.3 is 20.8 Å². The van der Waals surface area contributed by atoms with Crippen molar-refractivity contribution in [1.29, 1.82) is 0 Å². The number of esters is 1. The van der Waals surface area contributed by atoms with Gasteiger partial charge in [-0.05, 0) is 18.6 Å². The van der Waals surface area contributed by atoms with E-state index >= 15 is 0 Å². The maximum atomic E-state index is 12.3. The number of anilines is 1. The van der Waals surface area contributed by atoms with Crippen molar-refractivity contribution in [2.24, 2.45) is 5.73 Å². The van der Waals surface area contributed by atoms with Crippen LogP contribution in [-0.4, -0.2) is 40.1 Å². The number of rotatable bonds is 8. The number of amides is 2. The first-order valence-electron chi connectivity index (χ1n) is 8.61. The molecular weight excluding hydrogens is 412 g/mol. The van der Waals surface area contributed by atoms with Crippen LogP contribution in [0.3, 0.4) is 0 Å². The van der Waals surface area contributed by atoms with Gasteiger partial charge in [-0.15, -0.1) is 11.3 Å². The molecule has 8 nitrogen and oxygen atoms in total. The Morgan fingerprint density at radius 2 is 2.03 bits per heavy atom. The zero-order chi connectivity index (χ0) is 20.8. The number of aromatic amines is 1. The number of ether oxygens (including phenoxy) is 1. The summed E-state index contributed by atoms with van der Waals surface area (Å²) in [6.45, 7) is 1.97. The molecule has 0 atom stereocenters. The highest BCUT2D eigenvalue weighted by molar-refractivity contribution is 7.99. The maximum absolute atomic E-state index is 12.3. The van der Waals surface area contributed by atoms with Crippen molar-refractivity contribution < 1.29 is 19.1 Å². The van der Waals surface area contributed by atoms with Gasteiger partial charge in [-0.2, -0.15) is 0 Å². The van der Waals surface area contributed by atoms with Crippen LogP contribution < -0.4 is 11.1 Å². The average molecular weight is 431 g/mol. The number of carbonyl (C=O) groups excluding carboxylic acids is 3. The Morgan fingerprint density at radius 3 is 2.72 bits per heavy atom. The van der Waals surface area contributed by atoms with Crippen LogP contribution in [0.4, 0.5) is 5.00 Å². The first kappa shape index (κ1) is 20.6. The number of aromatic nitrogens is 2. The van der Waals surface area contributed by atoms with E-state index < -0.39 is 11.9 Å². The maximum Gasteiger partial charge on any atom is 0.356 e. The largest absolute Gasteiger partial charge is 0.461 e. The Bertz CT molecular complexity index is 1030. The van der Waals surface area contributed by atoms with E-state index in [4.69, 9.17) is 10.5 Å². The van der Waals surface area contributed by atoms with Crippen LogP contribution in [0.5, 0.6) is 0 Å². The fourth-order valence-corrected chi connectivity index (χ4v) is 4.13. The third kappa shape index (κ3) is 5.24. The molecule has 0 saturated heterocycles. The molecule has 0 fully saturated rings. The number of H-pyrrole nitrogens is 1. The first-order chi connectivity index (χ1) is 14.0. The summed E-state index contributed by atoms with van der Waals surface area (Å²) in [4.78, 5) is 43.4. The van der Waals surface area contributed by atoms with E-state index in [-0.39, 0.29) is 29.5 Å². The second-order valence-electron chi connectivity index (χ2n) is 5.74. The van der Waals surface area contributed by atoms with E-state index in [1.54, 1.807) is 13.0 Å². The topological polar surface area (TPSA) is 127 Å². The highest BCUT2D eigenvalue weighted by Gasteiger charge is 2.18. The Morgan fingerprint density at radius 1 is 1.28 bits per heavy atom. The van der Waals surface area contributed by atoms with E-state index in [1.807, 2.05) is 30.3 Å². The van der Waals surface area contributed by atoms with E-state index in [0.717, 1.165) is 22.2 Å². The molecule has 10 heteroatoms. The molecule has 2 amide bonds. The lowest BCUT2D eigenvalue weighted by Gasteiger charge is -2.03. The molecule has 2 aromatic heterocycles. The lowest BCUT2D eigenvalue weighted by molar-refractivity contribution is -0.113. The smallest absolute Gasteiger partial charge is 0.356 e. The summed E-state index contributed by atoms with van der Waals surface area (Å²) in [5, 5.41) is 3.54. The number of benzene rings is 1. The minimum absolute atomic E-state index is 0.0343. The van der Waals surface area contributed by atoms with Crippen molar-refractivity contribution in [1.82, 2.24) is 9.97 Å². The van der Waals surface area contributed by atoms with Crippen LogP contribution >= 0.6 is 23.1 Å². The number of carbonyl (C=O) groups is 3. The van der Waals surface area contributed by atoms with E-state index in [2.05, 4.69) is 15.3 Å². The van der Waals surface area contributed by atoms with Gasteiger partial charge in [0.15, 0.2) is 5.16 Å². The van der Waals surface area contributed by atoms with Crippen molar-refractivity contribution in [2.75, 3.05) is 17.7 Å². The van der Waals surface area contributed by atoms with Crippen molar-refractivity contribution in [3.63, 3.8) is 0 Å². The summed E-state index contributed by atoms with van der Waals surface area (Å²) in [6.07, 6.45) is 1.36. The monoisotopic (exact) mass is 430 g/mol. The van der Waals surface area contributed by atoms with Gasteiger partial charge in [0.25, 0.3) is 5.91 Å². The van der Waals surface area contributed by atoms with Crippen molar-refractivity contribution in [2.45, 2.75) is 12.1 Å². The molecule has 0 bridgehead atoms. The van der Waals surface area contributed by atoms with Gasteiger partial charge in [0.05, 0.1) is 24.1 Å². The van der Waals surface area contributed by atoms with Gasteiger partial charge in [-0.3, -0.25) is 9.59 Å². The zero-order valence-corrected chi connectivity index (χ0v) is 17.1. The Labute approximate surface area is 174 Å². The summed E-state index contributed by atoms with van der Waals surface area (Å²) in [5.74, 6) is -1.41. The van der Waals surface area contributed by atoms with E-state index in [1.165, 1.54) is 17.5 Å². The van der Waals surface area contributed by atoms with Crippen LogP contribution in [-0.2, 0) is 9.53 Å². The Balaban J connectivity index is 1.65. The van der Waals surface area contributed by atoms with Crippen molar-refractivity contribution >= 4 is 45.9 Å². The van der Waals surface area contributed by atoms with Crippen molar-refractivity contribution in [3.8, 4) is 10.4 Å². The number of nitrogens with one attached hydrogen (secondary N) is 2. The molecule has 0 aliphatic rings. The lowest BCUT2D eigenvalue weighted by Crippen LogP contribution is -2.17. The normalized spacial score (nSPS) is 10.5. The molecule has 0 unspecified atom stereocenters. The first-order valence-corrected chi connectivity index (χ1v) is 10.4. The van der Waals surface area contributed by atoms with Gasteiger partial charge in [-0.1, -0.05) is 42.1 Å². The Hall–Kier alpha value is -3.11. The molecule has 150 valence electrons. The summed E-state index contributed by atoms with van der Waals surface area (Å²) in [7, 11) is 0. The number of imidazole rings is 1. The summed E-state index contributed by atoms with van der Waals surface area (Å²) < 4.78 is 4.88. The third-order valence-electron chi connectivity index (χ3n) is 3.70. The highest BCUT2D eigenvalue weighted by atomic mass is 32.2. The standard InChI is InChI=1S/C19H18N4O4S2/c1-2-27-18(26)13-9-21-19(22-13)28-10-15(24)23-17-12(16(20)25)8-14(29-17)11-6-4-3-5-7-11/h3-9H,2,10H2,1H3,(H2,20,25)(H,21,22)(H,23,24). The number of thioether (sulfide) groups is 1.